The molecule has 0 saturated carbocycles. The first kappa shape index (κ1) is 25.9. The van der Waals surface area contributed by atoms with Crippen LogP contribution in [0.1, 0.15) is 22.8 Å². The molecule has 0 aliphatic carbocycles. The molecule has 1 atom stereocenters. The van der Waals surface area contributed by atoms with Gasteiger partial charge in [-0.2, -0.15) is 13.2 Å². The van der Waals surface area contributed by atoms with Crippen molar-refractivity contribution in [2.45, 2.75) is 12.3 Å². The topological polar surface area (TPSA) is 91.1 Å². The molecule has 0 aliphatic heterocycles. The van der Waals surface area contributed by atoms with Crippen molar-refractivity contribution in [3.63, 3.8) is 0 Å². The van der Waals surface area contributed by atoms with Crippen LogP contribution in [0, 0.1) is 0 Å². The van der Waals surface area contributed by atoms with E-state index < -0.39 is 29.8 Å². The predicted octanol–water partition coefficient (Wildman–Crippen LogP) is 1.33. The van der Waals surface area contributed by atoms with Gasteiger partial charge in [0, 0.05) is 6.08 Å². The zero-order chi connectivity index (χ0) is 23.4. The highest BCUT2D eigenvalue weighted by molar-refractivity contribution is 5.88. The Hall–Kier alpha value is -3.17. The first-order chi connectivity index (χ1) is 14.5. The lowest BCUT2D eigenvalue weighted by Crippen LogP contribution is -3.06. The van der Waals surface area contributed by atoms with Crippen molar-refractivity contribution in [3.8, 4) is 0 Å². The van der Waals surface area contributed by atoms with Gasteiger partial charge >= 0.3 is 12.1 Å². The third-order valence-electron chi connectivity index (χ3n) is 3.87. The highest BCUT2D eigenvalue weighted by Crippen LogP contribution is 2.33. The van der Waals surface area contributed by atoms with Crippen molar-refractivity contribution in [2.75, 3.05) is 27.2 Å². The molecule has 2 rings (SSSR count). The Morgan fingerprint density at radius 3 is 2.16 bits per heavy atom. The summed E-state index contributed by atoms with van der Waals surface area (Å²) >= 11 is 0. The van der Waals surface area contributed by atoms with Gasteiger partial charge in [0.05, 0.1) is 32.2 Å². The second kappa shape index (κ2) is 12.5. The Kier molecular flexibility index (Phi) is 10.4. The number of ether oxygens (including phenoxy) is 1. The third kappa shape index (κ3) is 10.4. The monoisotopic (exact) mass is 439 g/mol. The zero-order valence-electron chi connectivity index (χ0n) is 17.1. The Morgan fingerprint density at radius 1 is 1.06 bits per heavy atom. The number of benzene rings is 2. The largest absolute Gasteiger partial charge is 0.545 e. The van der Waals surface area contributed by atoms with Gasteiger partial charge in [0.25, 0.3) is 0 Å². The molecule has 2 N–H and O–H groups in total. The normalized spacial score (nSPS) is 12.3. The van der Waals surface area contributed by atoms with E-state index in [4.69, 9.17) is 9.84 Å². The highest BCUT2D eigenvalue weighted by Gasteiger charge is 2.31. The molecule has 0 fully saturated rings. The van der Waals surface area contributed by atoms with Gasteiger partial charge in [-0.3, -0.25) is 0 Å². The molecule has 2 aromatic rings. The minimum absolute atomic E-state index is 0.447. The van der Waals surface area contributed by atoms with Crippen molar-refractivity contribution in [1.82, 2.24) is 0 Å². The summed E-state index contributed by atoms with van der Waals surface area (Å²) in [6.07, 6.45) is -3.92. The molecule has 6 nitrogen and oxygen atoms in total. The summed E-state index contributed by atoms with van der Waals surface area (Å²) in [5, 5.41) is 17.2. The minimum Gasteiger partial charge on any atom is -0.545 e. The Labute approximate surface area is 178 Å². The molecule has 0 amide bonds. The lowest BCUT2D eigenvalue weighted by atomic mass is 9.99. The number of carbonyl (C=O) groups is 2. The molecular weight excluding hydrogens is 415 g/mol. The van der Waals surface area contributed by atoms with Crippen LogP contribution >= 0.6 is 0 Å². The van der Waals surface area contributed by atoms with E-state index in [1.807, 2.05) is 44.4 Å². The Morgan fingerprint density at radius 2 is 1.68 bits per heavy atom. The van der Waals surface area contributed by atoms with Crippen molar-refractivity contribution < 1.29 is 42.6 Å². The summed E-state index contributed by atoms with van der Waals surface area (Å²) in [7, 11) is 4.01. The Bertz CT molecular complexity index is 851. The number of carboxylic acids is 2. The van der Waals surface area contributed by atoms with Gasteiger partial charge in [-0.05, 0) is 29.3 Å². The summed E-state index contributed by atoms with van der Waals surface area (Å²) in [6.45, 7) is 1.25. The number of hydrogen-bond donors (Lipinski definition) is 2. The number of alkyl halides is 3. The van der Waals surface area contributed by atoms with Crippen LogP contribution in [0.15, 0.2) is 66.7 Å². The number of carbonyl (C=O) groups excluding carboxylic acids is 1. The first-order valence-corrected chi connectivity index (χ1v) is 9.25. The number of hydrogen-bond acceptors (Lipinski definition) is 4. The number of likely N-dealkylation sites (N-methyl/N-ethyl adjacent to an activating group) is 1. The quantitative estimate of drug-likeness (QED) is 0.606. The van der Waals surface area contributed by atoms with Crippen molar-refractivity contribution in [1.29, 1.82) is 0 Å². The molecule has 0 heterocycles. The van der Waals surface area contributed by atoms with Crippen LogP contribution < -0.4 is 10.0 Å². The van der Waals surface area contributed by atoms with Gasteiger partial charge in [0.15, 0.2) is 0 Å². The van der Waals surface area contributed by atoms with E-state index in [1.165, 1.54) is 17.0 Å². The second-order valence-electron chi connectivity index (χ2n) is 6.73. The first-order valence-electron chi connectivity index (χ1n) is 9.25. The minimum atomic E-state index is -4.36. The maximum absolute atomic E-state index is 12.9. The molecule has 2 aromatic carbocycles. The van der Waals surface area contributed by atoms with E-state index in [9.17, 15) is 27.9 Å². The zero-order valence-corrected chi connectivity index (χ0v) is 17.1. The molecule has 31 heavy (non-hydrogen) atoms. The summed E-state index contributed by atoms with van der Waals surface area (Å²) in [4.78, 5) is 20.2. The number of aliphatic carboxylic acids is 2. The van der Waals surface area contributed by atoms with E-state index in [0.29, 0.717) is 24.3 Å². The molecule has 1 unspecified atom stereocenters. The fourth-order valence-electron chi connectivity index (χ4n) is 2.41. The fourth-order valence-corrected chi connectivity index (χ4v) is 2.41. The predicted molar refractivity (Wildman–Crippen MR) is 105 cm³/mol. The standard InChI is InChI=1S/C18H20F3NO.C4H4O4/c1-22(2)11-12-23-17(14-7-4-3-5-8-14)15-9-6-10-16(13-15)18(19,20)21;5-3(6)1-2-4(7)8/h3-10,13,17H,11-12H2,1-2H3;1-2H,(H,5,6)(H,7,8)/b;2-1+. The number of carboxylic acid groups (broad SMARTS) is 2. The van der Waals surface area contributed by atoms with Gasteiger partial charge in [-0.1, -0.05) is 42.5 Å². The molecule has 0 radical (unpaired) electrons. The van der Waals surface area contributed by atoms with Crippen molar-refractivity contribution >= 4 is 11.9 Å². The van der Waals surface area contributed by atoms with Crippen LogP contribution in [0.5, 0.6) is 0 Å². The van der Waals surface area contributed by atoms with Crippen LogP contribution in [0.3, 0.4) is 0 Å². The maximum atomic E-state index is 12.9. The average molecular weight is 439 g/mol. The molecule has 0 aliphatic rings. The van der Waals surface area contributed by atoms with Gasteiger partial charge in [0.1, 0.15) is 12.6 Å². The number of halogens is 3. The van der Waals surface area contributed by atoms with Crippen molar-refractivity contribution in [3.05, 3.63) is 83.4 Å². The lowest BCUT2D eigenvalue weighted by molar-refractivity contribution is -0.858. The molecule has 0 bridgehead atoms. The molecule has 0 spiro atoms. The average Bonchev–Trinajstić information content (AvgIpc) is 2.70. The number of quaternary nitrogens is 1. The summed E-state index contributed by atoms with van der Waals surface area (Å²) < 4.78 is 44.7. The second-order valence-corrected chi connectivity index (χ2v) is 6.73. The van der Waals surface area contributed by atoms with Crippen molar-refractivity contribution in [2.24, 2.45) is 0 Å². The molecular formula is C22H24F3NO5. The highest BCUT2D eigenvalue weighted by atomic mass is 19.4. The maximum Gasteiger partial charge on any atom is 0.416 e. The van der Waals surface area contributed by atoms with Gasteiger partial charge < -0.3 is 24.6 Å². The van der Waals surface area contributed by atoms with Crippen LogP contribution in [0.25, 0.3) is 0 Å². The summed E-state index contributed by atoms with van der Waals surface area (Å²) in [5.74, 6) is -2.80. The molecule has 9 heteroatoms. The molecule has 0 aromatic heterocycles. The smallest absolute Gasteiger partial charge is 0.416 e. The van der Waals surface area contributed by atoms with Gasteiger partial charge in [-0.25, -0.2) is 4.79 Å². The van der Waals surface area contributed by atoms with E-state index >= 15 is 0 Å². The van der Waals surface area contributed by atoms with Gasteiger partial charge in [0.2, 0.25) is 0 Å². The lowest BCUT2D eigenvalue weighted by Gasteiger charge is -2.20. The SMILES string of the molecule is C[NH+](C)CCOC(c1ccccc1)c1cccc(C(F)(F)F)c1.O=C([O-])/C=C/C(=O)O. The van der Waals surface area contributed by atoms with Crippen LogP contribution in [0.2, 0.25) is 0 Å². The Balaban J connectivity index is 0.000000512. The van der Waals surface area contributed by atoms with E-state index in [-0.39, 0.29) is 0 Å². The number of nitrogens with one attached hydrogen (secondary N) is 1. The number of rotatable bonds is 8. The summed E-state index contributed by atoms with van der Waals surface area (Å²) in [6, 6.07) is 14.7. The summed E-state index contributed by atoms with van der Waals surface area (Å²) in [5.41, 5.74) is 0.707. The molecule has 168 valence electrons. The fraction of sp³-hybridized carbons (Fsp3) is 0.273. The van der Waals surface area contributed by atoms with E-state index in [0.717, 1.165) is 18.2 Å². The van der Waals surface area contributed by atoms with Gasteiger partial charge in [-0.15, -0.1) is 0 Å². The van der Waals surface area contributed by atoms with E-state index in [2.05, 4.69) is 0 Å². The van der Waals surface area contributed by atoms with E-state index in [1.54, 1.807) is 6.07 Å². The molecule has 0 saturated heterocycles. The third-order valence-corrected chi connectivity index (χ3v) is 3.87. The van der Waals surface area contributed by atoms with Crippen LogP contribution in [-0.4, -0.2) is 44.3 Å². The van der Waals surface area contributed by atoms with Crippen LogP contribution in [0.4, 0.5) is 13.2 Å². The van der Waals surface area contributed by atoms with Crippen LogP contribution in [-0.2, 0) is 20.5 Å².